The number of aryl methyl sites for hydroxylation is 1. The predicted molar refractivity (Wildman–Crippen MR) is 133 cm³/mol. The number of esters is 1. The van der Waals surface area contributed by atoms with Crippen molar-refractivity contribution in [1.82, 2.24) is 0 Å². The van der Waals surface area contributed by atoms with Gasteiger partial charge in [-0.3, -0.25) is 0 Å². The fraction of sp³-hybridized carbons (Fsp3) is 0.393. The number of hydrogen-bond donors (Lipinski definition) is 0. The van der Waals surface area contributed by atoms with Crippen molar-refractivity contribution in [1.29, 1.82) is 0 Å². The summed E-state index contributed by atoms with van der Waals surface area (Å²) in [6.45, 7) is 3.70. The summed E-state index contributed by atoms with van der Waals surface area (Å²) < 4.78 is 17.4. The second-order valence-electron chi connectivity index (χ2n) is 9.24. The molecule has 2 heterocycles. The van der Waals surface area contributed by atoms with Crippen LogP contribution in [0.4, 0.5) is 0 Å². The third kappa shape index (κ3) is 4.55. The van der Waals surface area contributed by atoms with Crippen LogP contribution in [0, 0.1) is 6.92 Å². The molecule has 0 saturated heterocycles. The Bertz CT molecular complexity index is 1340. The molecule has 182 valence electrons. The lowest BCUT2D eigenvalue weighted by Crippen LogP contribution is -2.44. The van der Waals surface area contributed by atoms with E-state index in [0.717, 1.165) is 59.0 Å². The van der Waals surface area contributed by atoms with Crippen molar-refractivity contribution in [2.75, 3.05) is 13.2 Å². The van der Waals surface area contributed by atoms with Crippen molar-refractivity contribution < 1.29 is 23.5 Å². The second-order valence-corrected chi connectivity index (χ2v) is 9.24. The van der Waals surface area contributed by atoms with E-state index in [1.165, 1.54) is 12.5 Å². The number of rotatable bonds is 5. The fourth-order valence-corrected chi connectivity index (χ4v) is 5.22. The van der Waals surface area contributed by atoms with Gasteiger partial charge in [0, 0.05) is 29.0 Å². The van der Waals surface area contributed by atoms with Gasteiger partial charge >= 0.3 is 11.6 Å². The lowest BCUT2D eigenvalue weighted by molar-refractivity contribution is -0.148. The van der Waals surface area contributed by atoms with E-state index in [2.05, 4.69) is 5.16 Å². The standard InChI is InChI=1S/C28H29NO6/c1-3-32-25(31)17-33-29-23-16-28(12-8-5-9-13-28)35-27-18(2)26-21(14-22(23)27)20(15-24(30)34-26)19-10-6-4-7-11-19/h4,6-7,10-11,14-15H,3,5,8-9,12-13,16-17H2,1-2H3. The van der Waals surface area contributed by atoms with Gasteiger partial charge < -0.3 is 18.7 Å². The molecule has 5 rings (SSSR count). The molecule has 1 saturated carbocycles. The van der Waals surface area contributed by atoms with Crippen molar-refractivity contribution in [3.8, 4) is 16.9 Å². The SMILES string of the molecule is CCOC(=O)CON=C1CC2(CCCCC2)Oc2c1cc1c(-c3ccccc3)cc(=O)oc1c2C. The summed E-state index contributed by atoms with van der Waals surface area (Å²) in [4.78, 5) is 29.8. The molecule has 0 unspecified atom stereocenters. The minimum absolute atomic E-state index is 0.253. The Morgan fingerprint density at radius 2 is 1.86 bits per heavy atom. The van der Waals surface area contributed by atoms with Crippen LogP contribution in [-0.2, 0) is 14.4 Å². The molecule has 35 heavy (non-hydrogen) atoms. The van der Waals surface area contributed by atoms with Crippen LogP contribution in [0.25, 0.3) is 22.1 Å². The highest BCUT2D eigenvalue weighted by Crippen LogP contribution is 2.46. The summed E-state index contributed by atoms with van der Waals surface area (Å²) in [6.07, 6.45) is 5.74. The monoisotopic (exact) mass is 475 g/mol. The molecule has 2 aliphatic rings. The van der Waals surface area contributed by atoms with Crippen LogP contribution in [0.15, 0.2) is 56.8 Å². The highest BCUT2D eigenvalue weighted by atomic mass is 16.7. The van der Waals surface area contributed by atoms with Crippen LogP contribution in [0.2, 0.25) is 0 Å². The molecule has 0 N–H and O–H groups in total. The van der Waals surface area contributed by atoms with E-state index in [4.69, 9.17) is 18.7 Å². The molecule has 2 aromatic carbocycles. The Balaban J connectivity index is 1.66. The quantitative estimate of drug-likeness (QED) is 0.274. The fourth-order valence-electron chi connectivity index (χ4n) is 5.22. The Morgan fingerprint density at radius 3 is 2.60 bits per heavy atom. The zero-order valence-corrected chi connectivity index (χ0v) is 20.1. The maximum Gasteiger partial charge on any atom is 0.347 e. The lowest BCUT2D eigenvalue weighted by atomic mass is 9.77. The van der Waals surface area contributed by atoms with E-state index >= 15 is 0 Å². The van der Waals surface area contributed by atoms with Gasteiger partial charge in [-0.25, -0.2) is 9.59 Å². The first-order chi connectivity index (χ1) is 17.0. The summed E-state index contributed by atoms with van der Waals surface area (Å²) in [5.41, 5.74) is 3.70. The van der Waals surface area contributed by atoms with Gasteiger partial charge in [0.1, 0.15) is 16.9 Å². The normalized spacial score (nSPS) is 17.7. The first-order valence-corrected chi connectivity index (χ1v) is 12.2. The molecule has 1 aliphatic carbocycles. The summed E-state index contributed by atoms with van der Waals surface area (Å²) in [5, 5.41) is 5.21. The molecule has 1 fully saturated rings. The second kappa shape index (κ2) is 9.56. The number of carbonyl (C=O) groups excluding carboxylic acids is 1. The van der Waals surface area contributed by atoms with Crippen molar-refractivity contribution in [2.24, 2.45) is 5.16 Å². The van der Waals surface area contributed by atoms with Gasteiger partial charge in [0.2, 0.25) is 6.61 Å². The highest BCUT2D eigenvalue weighted by molar-refractivity contribution is 6.09. The van der Waals surface area contributed by atoms with Crippen molar-refractivity contribution >= 4 is 22.7 Å². The zero-order chi connectivity index (χ0) is 24.4. The molecule has 0 bridgehead atoms. The Kier molecular flexibility index (Phi) is 6.32. The average Bonchev–Trinajstić information content (AvgIpc) is 2.86. The topological polar surface area (TPSA) is 87.3 Å². The van der Waals surface area contributed by atoms with Crippen molar-refractivity contribution in [2.45, 2.75) is 58.0 Å². The van der Waals surface area contributed by atoms with Crippen molar-refractivity contribution in [3.63, 3.8) is 0 Å². The molecule has 7 heteroatoms. The molecule has 7 nitrogen and oxygen atoms in total. The largest absolute Gasteiger partial charge is 0.486 e. The van der Waals surface area contributed by atoms with Crippen LogP contribution in [0.3, 0.4) is 0 Å². The molecule has 0 atom stereocenters. The van der Waals surface area contributed by atoms with Gasteiger partial charge in [-0.2, -0.15) is 0 Å². The Morgan fingerprint density at radius 1 is 1.09 bits per heavy atom. The van der Waals surface area contributed by atoms with E-state index in [1.54, 1.807) is 6.92 Å². The first-order valence-electron chi connectivity index (χ1n) is 12.2. The maximum atomic E-state index is 12.5. The highest BCUT2D eigenvalue weighted by Gasteiger charge is 2.42. The summed E-state index contributed by atoms with van der Waals surface area (Å²) in [6, 6.07) is 13.2. The van der Waals surface area contributed by atoms with Gasteiger partial charge in [0.05, 0.1) is 12.3 Å². The van der Waals surface area contributed by atoms with Gasteiger partial charge in [-0.1, -0.05) is 41.9 Å². The number of hydrogen-bond acceptors (Lipinski definition) is 7. The van der Waals surface area contributed by atoms with Gasteiger partial charge in [-0.05, 0) is 56.7 Å². The number of nitrogens with zero attached hydrogens (tertiary/aromatic N) is 1. The van der Waals surface area contributed by atoms with E-state index in [9.17, 15) is 9.59 Å². The predicted octanol–water partition coefficient (Wildman–Crippen LogP) is 5.54. The van der Waals surface area contributed by atoms with Crippen LogP contribution in [-0.4, -0.2) is 30.5 Å². The third-order valence-corrected chi connectivity index (χ3v) is 6.85. The van der Waals surface area contributed by atoms with Crippen molar-refractivity contribution in [3.05, 3.63) is 64.0 Å². The average molecular weight is 476 g/mol. The molecular formula is C28H29NO6. The van der Waals surface area contributed by atoms with E-state index in [1.807, 2.05) is 43.3 Å². The molecule has 3 aromatic rings. The number of ether oxygens (including phenoxy) is 2. The molecule has 0 radical (unpaired) electrons. The number of oxime groups is 1. The van der Waals surface area contributed by atoms with Gasteiger partial charge in [0.25, 0.3) is 0 Å². The van der Waals surface area contributed by atoms with Crippen LogP contribution < -0.4 is 10.4 Å². The minimum atomic E-state index is -0.459. The van der Waals surface area contributed by atoms with Gasteiger partial charge in [0.15, 0.2) is 0 Å². The summed E-state index contributed by atoms with van der Waals surface area (Å²) >= 11 is 0. The third-order valence-electron chi connectivity index (χ3n) is 6.85. The Labute approximate surface area is 203 Å². The lowest BCUT2D eigenvalue weighted by Gasteiger charge is -2.42. The zero-order valence-electron chi connectivity index (χ0n) is 20.1. The molecule has 1 aliphatic heterocycles. The minimum Gasteiger partial charge on any atom is -0.486 e. The van der Waals surface area contributed by atoms with E-state index < -0.39 is 11.6 Å². The number of benzene rings is 2. The molecule has 1 aromatic heterocycles. The van der Waals surface area contributed by atoms with Crippen LogP contribution >= 0.6 is 0 Å². The van der Waals surface area contributed by atoms with Crippen LogP contribution in [0.1, 0.15) is 56.6 Å². The molecular weight excluding hydrogens is 446 g/mol. The Hall–Kier alpha value is -3.61. The van der Waals surface area contributed by atoms with E-state index in [-0.39, 0.29) is 18.8 Å². The number of fused-ring (bicyclic) bond motifs is 2. The summed E-state index contributed by atoms with van der Waals surface area (Å²) in [5.74, 6) is 0.205. The first kappa shape index (κ1) is 23.1. The van der Waals surface area contributed by atoms with Gasteiger partial charge in [-0.15, -0.1) is 0 Å². The summed E-state index contributed by atoms with van der Waals surface area (Å²) in [7, 11) is 0. The van der Waals surface area contributed by atoms with E-state index in [0.29, 0.717) is 17.8 Å². The molecule has 1 spiro atoms. The maximum absolute atomic E-state index is 12.5. The smallest absolute Gasteiger partial charge is 0.347 e. The molecule has 0 amide bonds. The van der Waals surface area contributed by atoms with Crippen LogP contribution in [0.5, 0.6) is 5.75 Å². The number of carbonyl (C=O) groups is 1.